The lowest BCUT2D eigenvalue weighted by Crippen LogP contribution is -2.28. The number of amides is 1. The van der Waals surface area contributed by atoms with Crippen LogP contribution in [0.5, 0.6) is 0 Å². The van der Waals surface area contributed by atoms with Gasteiger partial charge in [0.15, 0.2) is 0 Å². The summed E-state index contributed by atoms with van der Waals surface area (Å²) < 4.78 is 0. The maximum atomic E-state index is 11.6. The van der Waals surface area contributed by atoms with E-state index in [1.54, 1.807) is 11.8 Å². The topological polar surface area (TPSA) is 64.0 Å². The van der Waals surface area contributed by atoms with Crippen molar-refractivity contribution in [3.8, 4) is 0 Å². The molecule has 0 aromatic heterocycles. The molecule has 1 unspecified atom stereocenters. The Morgan fingerprint density at radius 3 is 2.82 bits per heavy atom. The van der Waals surface area contributed by atoms with Crippen LogP contribution in [-0.2, 0) is 11.2 Å². The van der Waals surface area contributed by atoms with Crippen molar-refractivity contribution in [3.05, 3.63) is 29.3 Å². The summed E-state index contributed by atoms with van der Waals surface area (Å²) in [5.74, 6) is 0.0645. The second-order valence-corrected chi connectivity index (χ2v) is 5.77. The normalized spacial score (nSPS) is 15.2. The third-order valence-corrected chi connectivity index (χ3v) is 4.35. The first-order chi connectivity index (χ1) is 10.6. The molecule has 0 fully saturated rings. The standard InChI is InChI=1S/C17H26N2O3/c1-3-18(10-11-20)8-7-17(22)15-4-5-16-14(12-15)6-9-19(16)13(2)21/h4-5,12,17,20,22H,3,6-11H2,1-2H3. The summed E-state index contributed by atoms with van der Waals surface area (Å²) in [4.78, 5) is 15.5. The zero-order valence-electron chi connectivity index (χ0n) is 13.5. The molecule has 122 valence electrons. The predicted molar refractivity (Wildman–Crippen MR) is 86.9 cm³/mol. The quantitative estimate of drug-likeness (QED) is 0.798. The van der Waals surface area contributed by atoms with Gasteiger partial charge in [0.2, 0.25) is 5.91 Å². The van der Waals surface area contributed by atoms with Gasteiger partial charge in [-0.25, -0.2) is 0 Å². The van der Waals surface area contributed by atoms with E-state index in [4.69, 9.17) is 5.11 Å². The van der Waals surface area contributed by atoms with Crippen LogP contribution in [0.15, 0.2) is 18.2 Å². The number of carbonyl (C=O) groups excluding carboxylic acids is 1. The minimum Gasteiger partial charge on any atom is -0.395 e. The van der Waals surface area contributed by atoms with E-state index >= 15 is 0 Å². The zero-order chi connectivity index (χ0) is 16.1. The number of hydrogen-bond donors (Lipinski definition) is 2. The highest BCUT2D eigenvalue weighted by molar-refractivity contribution is 5.93. The maximum absolute atomic E-state index is 11.6. The van der Waals surface area contributed by atoms with Crippen molar-refractivity contribution in [2.45, 2.75) is 32.8 Å². The van der Waals surface area contributed by atoms with Crippen molar-refractivity contribution in [1.82, 2.24) is 4.90 Å². The number of aliphatic hydroxyl groups is 2. The Morgan fingerprint density at radius 1 is 1.41 bits per heavy atom. The van der Waals surface area contributed by atoms with Crippen LogP contribution in [0.4, 0.5) is 5.69 Å². The molecule has 2 rings (SSSR count). The molecule has 0 radical (unpaired) electrons. The lowest BCUT2D eigenvalue weighted by Gasteiger charge is -2.21. The highest BCUT2D eigenvalue weighted by atomic mass is 16.3. The number of rotatable bonds is 7. The molecule has 0 saturated carbocycles. The van der Waals surface area contributed by atoms with Crippen LogP contribution in [0, 0.1) is 0 Å². The fourth-order valence-electron chi connectivity index (χ4n) is 3.00. The number of nitrogens with zero attached hydrogens (tertiary/aromatic N) is 2. The van der Waals surface area contributed by atoms with Crippen LogP contribution < -0.4 is 4.90 Å². The van der Waals surface area contributed by atoms with E-state index in [9.17, 15) is 9.90 Å². The van der Waals surface area contributed by atoms with Gasteiger partial charge in [0.1, 0.15) is 0 Å². The summed E-state index contributed by atoms with van der Waals surface area (Å²) in [6.45, 7) is 6.76. The van der Waals surface area contributed by atoms with Gasteiger partial charge < -0.3 is 20.0 Å². The number of anilines is 1. The van der Waals surface area contributed by atoms with Gasteiger partial charge in [-0.15, -0.1) is 0 Å². The molecule has 5 heteroatoms. The van der Waals surface area contributed by atoms with E-state index in [1.165, 1.54) is 0 Å². The average Bonchev–Trinajstić information content (AvgIpc) is 2.94. The molecule has 1 atom stereocenters. The van der Waals surface area contributed by atoms with Crippen molar-refractivity contribution in [3.63, 3.8) is 0 Å². The second kappa shape index (κ2) is 7.72. The average molecular weight is 306 g/mol. The Balaban J connectivity index is 2.00. The first-order valence-electron chi connectivity index (χ1n) is 7.99. The monoisotopic (exact) mass is 306 g/mol. The summed E-state index contributed by atoms with van der Waals surface area (Å²) in [5.41, 5.74) is 3.01. The van der Waals surface area contributed by atoms with Gasteiger partial charge in [0.05, 0.1) is 12.7 Å². The molecular weight excluding hydrogens is 280 g/mol. The van der Waals surface area contributed by atoms with Gasteiger partial charge in [-0.1, -0.05) is 19.1 Å². The molecule has 2 N–H and O–H groups in total. The van der Waals surface area contributed by atoms with E-state index in [-0.39, 0.29) is 12.5 Å². The number of carbonyl (C=O) groups is 1. The predicted octanol–water partition coefficient (Wildman–Crippen LogP) is 1.33. The molecule has 0 bridgehead atoms. The van der Waals surface area contributed by atoms with Gasteiger partial charge in [-0.05, 0) is 36.6 Å². The molecule has 1 aromatic rings. The van der Waals surface area contributed by atoms with Crippen molar-refractivity contribution in [2.24, 2.45) is 0 Å². The molecule has 22 heavy (non-hydrogen) atoms. The second-order valence-electron chi connectivity index (χ2n) is 5.77. The van der Waals surface area contributed by atoms with E-state index in [0.717, 1.165) is 42.9 Å². The van der Waals surface area contributed by atoms with Gasteiger partial charge in [0, 0.05) is 32.2 Å². The van der Waals surface area contributed by atoms with Crippen LogP contribution in [0.2, 0.25) is 0 Å². The summed E-state index contributed by atoms with van der Waals surface area (Å²) in [5, 5.41) is 19.4. The summed E-state index contributed by atoms with van der Waals surface area (Å²) >= 11 is 0. The highest BCUT2D eigenvalue weighted by Gasteiger charge is 2.23. The SMILES string of the molecule is CCN(CCO)CCC(O)c1ccc2c(c1)CCN2C(C)=O. The molecule has 1 amide bonds. The number of hydrogen-bond acceptors (Lipinski definition) is 4. The molecule has 0 aliphatic carbocycles. The minimum atomic E-state index is -0.510. The Bertz CT molecular complexity index is 519. The van der Waals surface area contributed by atoms with Crippen LogP contribution in [0.1, 0.15) is 37.5 Å². The third kappa shape index (κ3) is 3.85. The fourth-order valence-corrected chi connectivity index (χ4v) is 3.00. The molecular formula is C17H26N2O3. The number of aliphatic hydroxyl groups excluding tert-OH is 2. The largest absolute Gasteiger partial charge is 0.395 e. The van der Waals surface area contributed by atoms with E-state index in [2.05, 4.69) is 4.90 Å². The summed E-state index contributed by atoms with van der Waals surface area (Å²) in [7, 11) is 0. The van der Waals surface area contributed by atoms with Gasteiger partial charge in [-0.2, -0.15) is 0 Å². The Hall–Kier alpha value is -1.43. The number of benzene rings is 1. The van der Waals surface area contributed by atoms with Crippen LogP contribution >= 0.6 is 0 Å². The van der Waals surface area contributed by atoms with Gasteiger partial charge in [-0.3, -0.25) is 4.79 Å². The first kappa shape index (κ1) is 16.9. The summed E-state index contributed by atoms with van der Waals surface area (Å²) in [6, 6.07) is 5.87. The van der Waals surface area contributed by atoms with Crippen molar-refractivity contribution >= 4 is 11.6 Å². The third-order valence-electron chi connectivity index (χ3n) is 4.35. The lowest BCUT2D eigenvalue weighted by atomic mass is 10.0. The minimum absolute atomic E-state index is 0.0645. The van der Waals surface area contributed by atoms with Crippen molar-refractivity contribution in [1.29, 1.82) is 0 Å². The van der Waals surface area contributed by atoms with Crippen LogP contribution in [0.25, 0.3) is 0 Å². The van der Waals surface area contributed by atoms with Crippen LogP contribution in [0.3, 0.4) is 0 Å². The summed E-state index contributed by atoms with van der Waals surface area (Å²) in [6.07, 6.45) is 0.980. The molecule has 1 aromatic carbocycles. The molecule has 0 spiro atoms. The number of fused-ring (bicyclic) bond motifs is 1. The van der Waals surface area contributed by atoms with E-state index in [1.807, 2.05) is 25.1 Å². The molecule has 0 saturated heterocycles. The molecule has 1 heterocycles. The first-order valence-corrected chi connectivity index (χ1v) is 7.99. The Morgan fingerprint density at radius 2 is 2.18 bits per heavy atom. The zero-order valence-corrected chi connectivity index (χ0v) is 13.5. The van der Waals surface area contributed by atoms with Crippen molar-refractivity contribution in [2.75, 3.05) is 37.7 Å². The Labute approximate surface area is 132 Å². The molecule has 1 aliphatic rings. The van der Waals surface area contributed by atoms with Crippen molar-refractivity contribution < 1.29 is 15.0 Å². The van der Waals surface area contributed by atoms with E-state index in [0.29, 0.717) is 13.0 Å². The van der Waals surface area contributed by atoms with Gasteiger partial charge >= 0.3 is 0 Å². The fraction of sp³-hybridized carbons (Fsp3) is 0.588. The van der Waals surface area contributed by atoms with E-state index < -0.39 is 6.10 Å². The lowest BCUT2D eigenvalue weighted by molar-refractivity contribution is -0.116. The molecule has 5 nitrogen and oxygen atoms in total. The number of likely N-dealkylation sites (N-methyl/N-ethyl adjacent to an activating group) is 1. The molecule has 1 aliphatic heterocycles. The maximum Gasteiger partial charge on any atom is 0.223 e. The van der Waals surface area contributed by atoms with Crippen LogP contribution in [-0.4, -0.2) is 53.8 Å². The Kier molecular flexibility index (Phi) is 5.94. The van der Waals surface area contributed by atoms with Gasteiger partial charge in [0.25, 0.3) is 0 Å². The highest BCUT2D eigenvalue weighted by Crippen LogP contribution is 2.31. The smallest absolute Gasteiger partial charge is 0.223 e.